The van der Waals surface area contributed by atoms with Gasteiger partial charge < -0.3 is 19.0 Å². The second-order valence-electron chi connectivity index (χ2n) is 7.08. The van der Waals surface area contributed by atoms with E-state index >= 15 is 0 Å². The van der Waals surface area contributed by atoms with Gasteiger partial charge in [0.05, 0.1) is 5.39 Å². The number of aryl methyl sites for hydroxylation is 2. The molecular formula is C22H22O6. The number of rotatable bonds is 6. The fourth-order valence-corrected chi connectivity index (χ4v) is 2.79. The van der Waals surface area contributed by atoms with Crippen LogP contribution in [0.15, 0.2) is 51.9 Å². The van der Waals surface area contributed by atoms with E-state index in [1.165, 1.54) is 12.3 Å². The van der Waals surface area contributed by atoms with Crippen LogP contribution in [0.25, 0.3) is 11.0 Å². The molecule has 146 valence electrons. The van der Waals surface area contributed by atoms with Crippen molar-refractivity contribution in [2.75, 3.05) is 0 Å². The smallest absolute Gasteiger partial charge is 0.345 e. The number of ether oxygens (including phenoxy) is 2. The minimum Gasteiger partial charge on any atom is -0.478 e. The lowest BCUT2D eigenvalue weighted by Gasteiger charge is -2.18. The normalized spacial score (nSPS) is 12.2. The average Bonchev–Trinajstić information content (AvgIpc) is 2.64. The van der Waals surface area contributed by atoms with Crippen LogP contribution < -0.4 is 14.9 Å². The van der Waals surface area contributed by atoms with E-state index in [-0.39, 0.29) is 17.1 Å². The number of carboxylic acid groups (broad SMARTS) is 1. The Kier molecular flexibility index (Phi) is 5.40. The van der Waals surface area contributed by atoms with Crippen molar-refractivity contribution < 1.29 is 23.8 Å². The maximum atomic E-state index is 12.8. The molecule has 0 aliphatic heterocycles. The van der Waals surface area contributed by atoms with Gasteiger partial charge in [-0.1, -0.05) is 26.0 Å². The lowest BCUT2D eigenvalue weighted by Crippen LogP contribution is -2.32. The van der Waals surface area contributed by atoms with Crippen LogP contribution in [0.5, 0.6) is 17.2 Å². The Morgan fingerprint density at radius 3 is 2.50 bits per heavy atom. The molecule has 0 aliphatic carbocycles. The molecule has 3 rings (SSSR count). The van der Waals surface area contributed by atoms with Gasteiger partial charge in [0.15, 0.2) is 6.10 Å². The molecule has 1 aromatic heterocycles. The van der Waals surface area contributed by atoms with E-state index in [1.54, 1.807) is 26.0 Å². The Balaban J connectivity index is 1.93. The maximum absolute atomic E-state index is 12.8. The highest BCUT2D eigenvalue weighted by Crippen LogP contribution is 2.27. The number of hydrogen-bond donors (Lipinski definition) is 1. The SMILES string of the molecule is Cc1ccc(C)c(Oc2coc3cc(OC(C(=O)O)C(C)C)ccc3c2=O)c1. The third-order valence-corrected chi connectivity index (χ3v) is 4.39. The highest BCUT2D eigenvalue weighted by Gasteiger charge is 2.23. The zero-order valence-corrected chi connectivity index (χ0v) is 16.2. The highest BCUT2D eigenvalue weighted by atomic mass is 16.5. The van der Waals surface area contributed by atoms with Crippen molar-refractivity contribution in [3.05, 3.63) is 64.0 Å². The summed E-state index contributed by atoms with van der Waals surface area (Å²) in [6, 6.07) is 10.4. The van der Waals surface area contributed by atoms with Gasteiger partial charge in [-0.15, -0.1) is 0 Å². The predicted molar refractivity (Wildman–Crippen MR) is 105 cm³/mol. The van der Waals surface area contributed by atoms with Crippen molar-refractivity contribution in [3.63, 3.8) is 0 Å². The first kappa shape index (κ1) is 19.5. The Hall–Kier alpha value is -3.28. The molecule has 6 nitrogen and oxygen atoms in total. The molecular weight excluding hydrogens is 360 g/mol. The van der Waals surface area contributed by atoms with Crippen molar-refractivity contribution in [1.82, 2.24) is 0 Å². The van der Waals surface area contributed by atoms with Crippen LogP contribution in [0.1, 0.15) is 25.0 Å². The monoisotopic (exact) mass is 382 g/mol. The number of hydrogen-bond acceptors (Lipinski definition) is 5. The van der Waals surface area contributed by atoms with E-state index < -0.39 is 12.1 Å². The van der Waals surface area contributed by atoms with Crippen molar-refractivity contribution in [2.45, 2.75) is 33.8 Å². The predicted octanol–water partition coefficient (Wildman–Crippen LogP) is 4.69. The van der Waals surface area contributed by atoms with Gasteiger partial charge in [0.1, 0.15) is 23.3 Å². The molecule has 1 N–H and O–H groups in total. The van der Waals surface area contributed by atoms with Crippen molar-refractivity contribution in [1.29, 1.82) is 0 Å². The summed E-state index contributed by atoms with van der Waals surface area (Å²) in [4.78, 5) is 24.1. The minimum atomic E-state index is -1.05. The summed E-state index contributed by atoms with van der Waals surface area (Å²) in [6.45, 7) is 7.36. The van der Waals surface area contributed by atoms with Crippen molar-refractivity contribution in [2.24, 2.45) is 5.92 Å². The zero-order chi connectivity index (χ0) is 20.4. The molecule has 0 radical (unpaired) electrons. The van der Waals surface area contributed by atoms with Crippen LogP contribution in [0.4, 0.5) is 0 Å². The van der Waals surface area contributed by atoms with Gasteiger partial charge in [-0.05, 0) is 43.2 Å². The van der Waals surface area contributed by atoms with Crippen LogP contribution in [-0.4, -0.2) is 17.2 Å². The quantitative estimate of drug-likeness (QED) is 0.666. The molecule has 1 unspecified atom stereocenters. The second-order valence-corrected chi connectivity index (χ2v) is 7.08. The fraction of sp³-hybridized carbons (Fsp3) is 0.273. The lowest BCUT2D eigenvalue weighted by atomic mass is 10.1. The Bertz CT molecular complexity index is 1080. The molecule has 6 heteroatoms. The molecule has 0 amide bonds. The Morgan fingerprint density at radius 1 is 1.07 bits per heavy atom. The van der Waals surface area contributed by atoms with Crippen LogP contribution in [-0.2, 0) is 4.79 Å². The van der Waals surface area contributed by atoms with Gasteiger partial charge in [-0.3, -0.25) is 4.79 Å². The van der Waals surface area contributed by atoms with Gasteiger partial charge in [-0.25, -0.2) is 4.79 Å². The molecule has 3 aromatic rings. The molecule has 0 spiro atoms. The van der Waals surface area contributed by atoms with Gasteiger partial charge in [-0.2, -0.15) is 0 Å². The van der Waals surface area contributed by atoms with Crippen molar-refractivity contribution >= 4 is 16.9 Å². The van der Waals surface area contributed by atoms with Crippen LogP contribution in [0, 0.1) is 19.8 Å². The van der Waals surface area contributed by atoms with Gasteiger partial charge in [0.25, 0.3) is 0 Å². The summed E-state index contributed by atoms with van der Waals surface area (Å²) >= 11 is 0. The highest BCUT2D eigenvalue weighted by molar-refractivity contribution is 5.79. The van der Waals surface area contributed by atoms with Crippen molar-refractivity contribution in [3.8, 4) is 17.2 Å². The number of carboxylic acids is 1. The van der Waals surface area contributed by atoms with Crippen LogP contribution in [0.3, 0.4) is 0 Å². The summed E-state index contributed by atoms with van der Waals surface area (Å²) in [5, 5.41) is 9.59. The molecule has 1 atom stereocenters. The number of benzene rings is 2. The summed E-state index contributed by atoms with van der Waals surface area (Å²) in [6.07, 6.45) is 0.268. The van der Waals surface area contributed by atoms with Gasteiger partial charge in [0.2, 0.25) is 11.2 Å². The number of fused-ring (bicyclic) bond motifs is 1. The molecule has 0 bridgehead atoms. The number of carbonyl (C=O) groups is 1. The van der Waals surface area contributed by atoms with Crippen LogP contribution in [0.2, 0.25) is 0 Å². The average molecular weight is 382 g/mol. The Morgan fingerprint density at radius 2 is 1.82 bits per heavy atom. The third kappa shape index (κ3) is 4.01. The fourth-order valence-electron chi connectivity index (χ4n) is 2.79. The maximum Gasteiger partial charge on any atom is 0.345 e. The first-order valence-electron chi connectivity index (χ1n) is 8.96. The van der Waals surface area contributed by atoms with E-state index in [0.717, 1.165) is 11.1 Å². The van der Waals surface area contributed by atoms with Gasteiger partial charge >= 0.3 is 5.97 Å². The lowest BCUT2D eigenvalue weighted by molar-refractivity contribution is -0.147. The second kappa shape index (κ2) is 7.76. The van der Waals surface area contributed by atoms with Gasteiger partial charge in [0, 0.05) is 12.0 Å². The standard InChI is InChI=1S/C22H22O6/c1-12(2)21(22(24)25)27-15-7-8-16-18(10-15)26-11-19(20(16)23)28-17-9-13(3)5-6-14(17)4/h5-12,21H,1-4H3,(H,24,25). The molecule has 0 saturated heterocycles. The minimum absolute atomic E-state index is 0.0838. The van der Waals surface area contributed by atoms with E-state index in [4.69, 9.17) is 13.9 Å². The molecule has 0 aliphatic rings. The molecule has 0 fully saturated rings. The summed E-state index contributed by atoms with van der Waals surface area (Å²) < 4.78 is 16.9. The summed E-state index contributed by atoms with van der Waals surface area (Å²) in [5.41, 5.74) is 1.91. The largest absolute Gasteiger partial charge is 0.478 e. The molecule has 1 heterocycles. The third-order valence-electron chi connectivity index (χ3n) is 4.39. The first-order valence-corrected chi connectivity index (χ1v) is 8.96. The number of aliphatic carboxylic acids is 1. The van der Waals surface area contributed by atoms with Crippen LogP contribution >= 0.6 is 0 Å². The summed E-state index contributed by atoms with van der Waals surface area (Å²) in [5.74, 6) is -0.268. The summed E-state index contributed by atoms with van der Waals surface area (Å²) in [7, 11) is 0. The first-order chi connectivity index (χ1) is 13.3. The topological polar surface area (TPSA) is 86.0 Å². The van der Waals surface area contributed by atoms with E-state index in [0.29, 0.717) is 22.5 Å². The molecule has 0 saturated carbocycles. The van der Waals surface area contributed by atoms with E-state index in [9.17, 15) is 14.7 Å². The van der Waals surface area contributed by atoms with E-state index in [2.05, 4.69) is 0 Å². The zero-order valence-electron chi connectivity index (χ0n) is 16.2. The molecule has 2 aromatic carbocycles. The molecule has 28 heavy (non-hydrogen) atoms. The Labute approximate surface area is 162 Å². The van der Waals surface area contributed by atoms with E-state index in [1.807, 2.05) is 32.0 Å².